The molecule has 1 unspecified atom stereocenters. The number of para-hydroxylation sites is 1. The fourth-order valence-electron chi connectivity index (χ4n) is 1.94. The number of phenolic OH excluding ortho intramolecular Hbond substituents is 1. The van der Waals surface area contributed by atoms with Gasteiger partial charge in [0.25, 0.3) is 5.91 Å². The third-order valence-corrected chi connectivity index (χ3v) is 3.33. The summed E-state index contributed by atoms with van der Waals surface area (Å²) in [6, 6.07) is 12.4. The molecule has 2 aromatic rings. The molecular formula is C18H20N2O4. The molecule has 0 aliphatic rings. The van der Waals surface area contributed by atoms with Crippen LogP contribution in [0.4, 0.5) is 0 Å². The van der Waals surface area contributed by atoms with Gasteiger partial charge < -0.3 is 14.6 Å². The molecular weight excluding hydrogens is 308 g/mol. The van der Waals surface area contributed by atoms with E-state index in [1.165, 1.54) is 13.3 Å². The zero-order valence-corrected chi connectivity index (χ0v) is 13.8. The van der Waals surface area contributed by atoms with Gasteiger partial charge >= 0.3 is 0 Å². The molecule has 2 rings (SSSR count). The summed E-state index contributed by atoms with van der Waals surface area (Å²) in [4.78, 5) is 12.0. The third-order valence-electron chi connectivity index (χ3n) is 3.33. The number of methoxy groups -OCH3 is 1. The average Bonchev–Trinajstić information content (AvgIpc) is 2.58. The van der Waals surface area contributed by atoms with Gasteiger partial charge in [0.05, 0.1) is 13.3 Å². The minimum Gasteiger partial charge on any atom is -0.504 e. The van der Waals surface area contributed by atoms with E-state index < -0.39 is 12.0 Å². The lowest BCUT2D eigenvalue weighted by atomic mass is 10.2. The molecule has 6 nitrogen and oxygen atoms in total. The van der Waals surface area contributed by atoms with Crippen LogP contribution in [0.3, 0.4) is 0 Å². The monoisotopic (exact) mass is 328 g/mol. The molecule has 0 saturated carbocycles. The van der Waals surface area contributed by atoms with Crippen molar-refractivity contribution in [1.29, 1.82) is 0 Å². The highest BCUT2D eigenvalue weighted by atomic mass is 16.5. The van der Waals surface area contributed by atoms with Crippen LogP contribution in [0.2, 0.25) is 0 Å². The molecule has 2 aromatic carbocycles. The first kappa shape index (κ1) is 17.3. The van der Waals surface area contributed by atoms with Crippen LogP contribution in [0.25, 0.3) is 0 Å². The summed E-state index contributed by atoms with van der Waals surface area (Å²) in [5.41, 5.74) is 3.93. The van der Waals surface area contributed by atoms with Crippen LogP contribution in [0.5, 0.6) is 17.2 Å². The Balaban J connectivity index is 1.93. The lowest BCUT2D eigenvalue weighted by molar-refractivity contribution is -0.127. The Morgan fingerprint density at radius 1 is 1.25 bits per heavy atom. The predicted octanol–water partition coefficient (Wildman–Crippen LogP) is 2.63. The van der Waals surface area contributed by atoms with Gasteiger partial charge in [0.2, 0.25) is 0 Å². The molecule has 6 heteroatoms. The van der Waals surface area contributed by atoms with Gasteiger partial charge in [-0.05, 0) is 38.1 Å². The van der Waals surface area contributed by atoms with Gasteiger partial charge in [-0.3, -0.25) is 4.79 Å². The Morgan fingerprint density at radius 2 is 1.96 bits per heavy atom. The van der Waals surface area contributed by atoms with E-state index in [4.69, 9.17) is 9.47 Å². The van der Waals surface area contributed by atoms with Gasteiger partial charge in [0.15, 0.2) is 17.6 Å². The molecule has 0 saturated heterocycles. The summed E-state index contributed by atoms with van der Waals surface area (Å²) in [7, 11) is 1.46. The highest BCUT2D eigenvalue weighted by Gasteiger charge is 2.14. The second-order valence-electron chi connectivity index (χ2n) is 5.21. The van der Waals surface area contributed by atoms with Crippen LogP contribution in [0.15, 0.2) is 47.6 Å². The summed E-state index contributed by atoms with van der Waals surface area (Å²) in [6.07, 6.45) is 0.637. The number of aryl methyl sites for hydroxylation is 1. The summed E-state index contributed by atoms with van der Waals surface area (Å²) < 4.78 is 10.5. The average molecular weight is 328 g/mol. The van der Waals surface area contributed by atoms with Crippen molar-refractivity contribution < 1.29 is 19.4 Å². The van der Waals surface area contributed by atoms with Crippen LogP contribution in [0.1, 0.15) is 18.1 Å². The number of amides is 1. The van der Waals surface area contributed by atoms with Crippen LogP contribution in [-0.4, -0.2) is 30.4 Å². The number of carbonyl (C=O) groups is 1. The fourth-order valence-corrected chi connectivity index (χ4v) is 1.94. The Morgan fingerprint density at radius 3 is 2.62 bits per heavy atom. The molecule has 0 aromatic heterocycles. The Hall–Kier alpha value is -3.02. The van der Waals surface area contributed by atoms with Crippen molar-refractivity contribution in [2.45, 2.75) is 20.0 Å². The van der Waals surface area contributed by atoms with Gasteiger partial charge in [-0.2, -0.15) is 5.10 Å². The van der Waals surface area contributed by atoms with Crippen molar-refractivity contribution >= 4 is 12.1 Å². The Bertz CT molecular complexity index is 726. The molecule has 0 spiro atoms. The Kier molecular flexibility index (Phi) is 5.78. The number of nitrogens with one attached hydrogen (secondary N) is 1. The molecule has 0 aliphatic heterocycles. The summed E-state index contributed by atoms with van der Waals surface area (Å²) in [6.45, 7) is 3.61. The smallest absolute Gasteiger partial charge is 0.280 e. The first-order valence-corrected chi connectivity index (χ1v) is 7.43. The SMILES string of the molecule is COc1cccc(C=NNC(=O)C(C)Oc2ccc(C)cc2)c1O. The standard InChI is InChI=1S/C18H20N2O4/c1-12-7-9-15(10-8-12)24-13(2)18(22)20-19-11-14-5-4-6-16(23-3)17(14)21/h4-11,13,21H,1-3H3,(H,20,22). The molecule has 0 aliphatic carbocycles. The second kappa shape index (κ2) is 8.01. The highest BCUT2D eigenvalue weighted by Crippen LogP contribution is 2.27. The summed E-state index contributed by atoms with van der Waals surface area (Å²) in [5.74, 6) is 0.509. The van der Waals surface area contributed by atoms with Crippen LogP contribution in [0, 0.1) is 6.92 Å². The summed E-state index contributed by atoms with van der Waals surface area (Å²) >= 11 is 0. The third kappa shape index (κ3) is 4.49. The quantitative estimate of drug-likeness (QED) is 0.631. The van der Waals surface area contributed by atoms with Gasteiger partial charge in [-0.25, -0.2) is 5.43 Å². The minimum absolute atomic E-state index is 0.0399. The number of hydrogen-bond acceptors (Lipinski definition) is 5. The molecule has 24 heavy (non-hydrogen) atoms. The van der Waals surface area contributed by atoms with Crippen molar-refractivity contribution in [2.75, 3.05) is 7.11 Å². The van der Waals surface area contributed by atoms with Crippen molar-refractivity contribution in [3.63, 3.8) is 0 Å². The van der Waals surface area contributed by atoms with E-state index in [0.717, 1.165) is 5.56 Å². The van der Waals surface area contributed by atoms with Crippen molar-refractivity contribution in [3.05, 3.63) is 53.6 Å². The molecule has 126 valence electrons. The lowest BCUT2D eigenvalue weighted by Crippen LogP contribution is -2.33. The maximum Gasteiger partial charge on any atom is 0.280 e. The number of aromatic hydroxyl groups is 1. The number of carbonyl (C=O) groups excluding carboxylic acids is 1. The first-order valence-electron chi connectivity index (χ1n) is 7.43. The topological polar surface area (TPSA) is 80.2 Å². The van der Waals surface area contributed by atoms with E-state index in [1.807, 2.05) is 19.1 Å². The van der Waals surface area contributed by atoms with Gasteiger partial charge in [0, 0.05) is 5.56 Å². The molecule has 0 bridgehead atoms. The van der Waals surface area contributed by atoms with Gasteiger partial charge in [-0.1, -0.05) is 23.8 Å². The molecule has 2 N–H and O–H groups in total. The van der Waals surface area contributed by atoms with E-state index in [9.17, 15) is 9.90 Å². The normalized spacial score (nSPS) is 12.0. The van der Waals surface area contributed by atoms with Crippen LogP contribution >= 0.6 is 0 Å². The zero-order valence-electron chi connectivity index (χ0n) is 13.8. The lowest BCUT2D eigenvalue weighted by Gasteiger charge is -2.13. The van der Waals surface area contributed by atoms with Crippen molar-refractivity contribution in [3.8, 4) is 17.2 Å². The number of ether oxygens (including phenoxy) is 2. The largest absolute Gasteiger partial charge is 0.504 e. The molecule has 0 fully saturated rings. The van der Waals surface area contributed by atoms with E-state index in [-0.39, 0.29) is 5.75 Å². The maximum atomic E-state index is 12.0. The number of rotatable bonds is 6. The van der Waals surface area contributed by atoms with Gasteiger partial charge in [-0.15, -0.1) is 0 Å². The number of benzene rings is 2. The van der Waals surface area contributed by atoms with Gasteiger partial charge in [0.1, 0.15) is 5.75 Å². The van der Waals surface area contributed by atoms with E-state index in [2.05, 4.69) is 10.5 Å². The molecule has 0 radical (unpaired) electrons. The molecule has 1 amide bonds. The predicted molar refractivity (Wildman–Crippen MR) is 91.7 cm³/mol. The molecule has 0 heterocycles. The number of hydrogen-bond donors (Lipinski definition) is 2. The molecule has 1 atom stereocenters. The van der Waals surface area contributed by atoms with Crippen molar-refractivity contribution in [2.24, 2.45) is 5.10 Å². The fraction of sp³-hybridized carbons (Fsp3) is 0.222. The van der Waals surface area contributed by atoms with E-state index in [0.29, 0.717) is 17.1 Å². The van der Waals surface area contributed by atoms with E-state index in [1.54, 1.807) is 37.3 Å². The van der Waals surface area contributed by atoms with Crippen molar-refractivity contribution in [1.82, 2.24) is 5.43 Å². The first-order chi connectivity index (χ1) is 11.5. The number of nitrogens with zero attached hydrogens (tertiary/aromatic N) is 1. The number of phenols is 1. The van der Waals surface area contributed by atoms with Crippen LogP contribution < -0.4 is 14.9 Å². The highest BCUT2D eigenvalue weighted by molar-refractivity contribution is 5.87. The zero-order chi connectivity index (χ0) is 17.5. The van der Waals surface area contributed by atoms with Crippen LogP contribution in [-0.2, 0) is 4.79 Å². The number of hydrazone groups is 1. The minimum atomic E-state index is -0.705. The second-order valence-corrected chi connectivity index (χ2v) is 5.21. The maximum absolute atomic E-state index is 12.0. The Labute approximate surface area is 140 Å². The summed E-state index contributed by atoms with van der Waals surface area (Å²) in [5, 5.41) is 13.8. The van der Waals surface area contributed by atoms with E-state index >= 15 is 0 Å².